The molecule has 4 aromatic rings. The Kier molecular flexibility index (Phi) is 6.76. The van der Waals surface area contributed by atoms with Crippen LogP contribution in [0.2, 0.25) is 5.02 Å². The Bertz CT molecular complexity index is 1410. The Balaban J connectivity index is 1.21. The summed E-state index contributed by atoms with van der Waals surface area (Å²) in [5.74, 6) is 1.93. The van der Waals surface area contributed by atoms with Gasteiger partial charge >= 0.3 is 0 Å². The number of aryl methyl sites for hydroxylation is 1. The van der Waals surface area contributed by atoms with Gasteiger partial charge in [-0.25, -0.2) is 9.97 Å². The average molecular weight is 518 g/mol. The molecule has 2 aromatic heterocycles. The van der Waals surface area contributed by atoms with E-state index in [4.69, 9.17) is 21.3 Å². The highest BCUT2D eigenvalue weighted by molar-refractivity contribution is 6.33. The molecule has 1 aliphatic heterocycles. The number of fused-ring (bicyclic) bond motifs is 1. The first-order valence-electron chi connectivity index (χ1n) is 13.1. The molecular formula is C29H32ClN5O2. The number of aliphatic hydroxyl groups is 1. The summed E-state index contributed by atoms with van der Waals surface area (Å²) in [5.41, 5.74) is 6.08. The predicted molar refractivity (Wildman–Crippen MR) is 148 cm³/mol. The number of hydrogen-bond donors (Lipinski definition) is 3. The smallest absolute Gasteiger partial charge is 0.227 e. The summed E-state index contributed by atoms with van der Waals surface area (Å²) in [5, 5.41) is 14.7. The Hall–Kier alpha value is -3.13. The van der Waals surface area contributed by atoms with E-state index in [1.165, 1.54) is 24.0 Å². The van der Waals surface area contributed by atoms with Crippen molar-refractivity contribution in [3.05, 3.63) is 64.9 Å². The van der Waals surface area contributed by atoms with Crippen molar-refractivity contribution in [2.75, 3.05) is 31.6 Å². The van der Waals surface area contributed by atoms with Crippen molar-refractivity contribution < 1.29 is 9.84 Å². The number of nitrogens with one attached hydrogen (secondary N) is 2. The summed E-state index contributed by atoms with van der Waals surface area (Å²) in [4.78, 5) is 14.9. The number of likely N-dealkylation sites (tertiary alicyclic amines) is 1. The summed E-state index contributed by atoms with van der Waals surface area (Å²) < 4.78 is 6.18. The van der Waals surface area contributed by atoms with Crippen molar-refractivity contribution in [1.82, 2.24) is 19.9 Å². The second-order valence-corrected chi connectivity index (χ2v) is 10.7. The van der Waals surface area contributed by atoms with Crippen LogP contribution in [0.1, 0.15) is 42.7 Å². The molecule has 8 heteroatoms. The van der Waals surface area contributed by atoms with Crippen molar-refractivity contribution in [3.8, 4) is 17.0 Å². The van der Waals surface area contributed by atoms with Crippen LogP contribution < -0.4 is 10.1 Å². The first-order valence-corrected chi connectivity index (χ1v) is 13.5. The predicted octanol–water partition coefficient (Wildman–Crippen LogP) is 6.04. The van der Waals surface area contributed by atoms with Gasteiger partial charge in [0.25, 0.3) is 0 Å². The number of H-pyrrole nitrogens is 1. The molecule has 6 rings (SSSR count). The lowest BCUT2D eigenvalue weighted by atomic mass is 10.1. The minimum atomic E-state index is -0.156. The maximum absolute atomic E-state index is 9.73. The molecule has 1 saturated heterocycles. The van der Waals surface area contributed by atoms with Gasteiger partial charge in [-0.15, -0.1) is 0 Å². The molecule has 7 nitrogen and oxygen atoms in total. The minimum absolute atomic E-state index is 0.156. The normalized spacial score (nSPS) is 16.8. The first kappa shape index (κ1) is 24.2. The molecule has 0 unspecified atom stereocenters. The summed E-state index contributed by atoms with van der Waals surface area (Å²) in [7, 11) is 0. The lowest BCUT2D eigenvalue weighted by Crippen LogP contribution is -2.38. The number of piperidine rings is 1. The third-order valence-corrected chi connectivity index (χ3v) is 7.58. The zero-order chi connectivity index (χ0) is 25.4. The largest absolute Gasteiger partial charge is 0.492 e. The molecule has 0 amide bonds. The monoisotopic (exact) mass is 517 g/mol. The molecule has 0 atom stereocenters. The molecule has 2 aliphatic rings. The number of aliphatic hydroxyl groups excluding tert-OH is 1. The van der Waals surface area contributed by atoms with Crippen LogP contribution in [0.25, 0.3) is 22.2 Å². The molecule has 0 spiro atoms. The molecule has 3 heterocycles. The lowest BCUT2D eigenvalue weighted by Gasteiger charge is -2.29. The lowest BCUT2D eigenvalue weighted by molar-refractivity contribution is 0.0755. The average Bonchev–Trinajstić information content (AvgIpc) is 3.66. The molecule has 1 aliphatic carbocycles. The number of ether oxygens (including phenoxy) is 1. The quantitative estimate of drug-likeness (QED) is 0.264. The van der Waals surface area contributed by atoms with Crippen molar-refractivity contribution in [3.63, 3.8) is 0 Å². The van der Waals surface area contributed by atoms with Gasteiger partial charge in [0.15, 0.2) is 0 Å². The van der Waals surface area contributed by atoms with E-state index in [1.54, 1.807) is 6.20 Å². The zero-order valence-corrected chi connectivity index (χ0v) is 21.8. The van der Waals surface area contributed by atoms with Crippen molar-refractivity contribution >= 4 is 34.1 Å². The highest BCUT2D eigenvalue weighted by Crippen LogP contribution is 2.42. The van der Waals surface area contributed by atoms with Gasteiger partial charge in [0.05, 0.1) is 23.0 Å². The molecule has 2 aromatic carbocycles. The number of rotatable bonds is 8. The van der Waals surface area contributed by atoms with Gasteiger partial charge in [0.1, 0.15) is 12.4 Å². The van der Waals surface area contributed by atoms with E-state index < -0.39 is 0 Å². The Labute approximate surface area is 221 Å². The fourth-order valence-corrected chi connectivity index (χ4v) is 5.24. The zero-order valence-electron chi connectivity index (χ0n) is 21.0. The van der Waals surface area contributed by atoms with Crippen LogP contribution in [0, 0.1) is 6.92 Å². The standard InChI is InChI=1S/C29H32ClN5O2/c1-18-2-5-24-25(16-31-27(24)12-18)28-26(30)17-32-29(34-28)33-21-13-20(19-3-4-19)14-23(15-21)37-11-10-35-8-6-22(36)7-9-35/h2,5,12-17,19,22,31,36H,3-4,6-11H2,1H3,(H,32,33,34). The topological polar surface area (TPSA) is 86.3 Å². The highest BCUT2D eigenvalue weighted by Gasteiger charge is 2.25. The van der Waals surface area contributed by atoms with Crippen LogP contribution in [-0.4, -0.2) is 57.3 Å². The number of aromatic amines is 1. The minimum Gasteiger partial charge on any atom is -0.492 e. The van der Waals surface area contributed by atoms with E-state index in [1.807, 2.05) is 12.3 Å². The van der Waals surface area contributed by atoms with Crippen molar-refractivity contribution in [1.29, 1.82) is 0 Å². The van der Waals surface area contributed by atoms with E-state index in [9.17, 15) is 5.11 Å². The number of aromatic nitrogens is 3. The second-order valence-electron chi connectivity index (χ2n) is 10.3. The maximum Gasteiger partial charge on any atom is 0.227 e. The van der Waals surface area contributed by atoms with Crippen LogP contribution in [-0.2, 0) is 0 Å². The van der Waals surface area contributed by atoms with Crippen LogP contribution in [0.4, 0.5) is 11.6 Å². The number of benzene rings is 2. The summed E-state index contributed by atoms with van der Waals surface area (Å²) in [6, 6.07) is 12.6. The van der Waals surface area contributed by atoms with E-state index in [-0.39, 0.29) is 6.10 Å². The van der Waals surface area contributed by atoms with E-state index in [2.05, 4.69) is 57.4 Å². The van der Waals surface area contributed by atoms with Gasteiger partial charge in [0.2, 0.25) is 5.95 Å². The maximum atomic E-state index is 9.73. The van der Waals surface area contributed by atoms with Gasteiger partial charge in [-0.2, -0.15) is 0 Å². The van der Waals surface area contributed by atoms with Crippen LogP contribution in [0.15, 0.2) is 48.8 Å². The molecule has 0 radical (unpaired) electrons. The molecule has 3 N–H and O–H groups in total. The summed E-state index contributed by atoms with van der Waals surface area (Å²) >= 11 is 6.55. The number of halogens is 1. The Morgan fingerprint density at radius 3 is 2.78 bits per heavy atom. The molecule has 0 bridgehead atoms. The van der Waals surface area contributed by atoms with E-state index in [0.717, 1.165) is 60.4 Å². The molecular weight excluding hydrogens is 486 g/mol. The fraction of sp³-hybridized carbons (Fsp3) is 0.379. The number of nitrogens with zero attached hydrogens (tertiary/aromatic N) is 3. The van der Waals surface area contributed by atoms with Gasteiger partial charge < -0.3 is 20.1 Å². The first-order chi connectivity index (χ1) is 18.0. The van der Waals surface area contributed by atoms with Gasteiger partial charge in [-0.1, -0.05) is 23.7 Å². The van der Waals surface area contributed by atoms with Crippen molar-refractivity contribution in [2.45, 2.75) is 44.6 Å². The van der Waals surface area contributed by atoms with Crippen LogP contribution >= 0.6 is 11.6 Å². The second kappa shape index (κ2) is 10.3. The van der Waals surface area contributed by atoms with Crippen LogP contribution in [0.3, 0.4) is 0 Å². The Morgan fingerprint density at radius 1 is 1.14 bits per heavy atom. The molecule has 1 saturated carbocycles. The van der Waals surface area contributed by atoms with Gasteiger partial charge in [0, 0.05) is 54.1 Å². The van der Waals surface area contributed by atoms with E-state index in [0.29, 0.717) is 29.2 Å². The third kappa shape index (κ3) is 5.59. The Morgan fingerprint density at radius 2 is 1.97 bits per heavy atom. The highest BCUT2D eigenvalue weighted by atomic mass is 35.5. The third-order valence-electron chi connectivity index (χ3n) is 7.30. The SMILES string of the molecule is Cc1ccc2c(-c3nc(Nc4cc(OCCN5CCC(O)CC5)cc(C5CC5)c4)ncc3Cl)c[nH]c2c1. The molecule has 37 heavy (non-hydrogen) atoms. The van der Waals surface area contributed by atoms with Gasteiger partial charge in [-0.3, -0.25) is 4.90 Å². The van der Waals surface area contributed by atoms with Gasteiger partial charge in [-0.05, 0) is 67.9 Å². The molecule has 192 valence electrons. The fourth-order valence-electron chi connectivity index (χ4n) is 5.05. The van der Waals surface area contributed by atoms with Crippen molar-refractivity contribution in [2.24, 2.45) is 0 Å². The number of hydrogen-bond acceptors (Lipinski definition) is 6. The summed E-state index contributed by atoms with van der Waals surface area (Å²) in [6.07, 6.45) is 7.54. The van der Waals surface area contributed by atoms with E-state index >= 15 is 0 Å². The number of anilines is 2. The summed E-state index contributed by atoms with van der Waals surface area (Å²) in [6.45, 7) is 5.39. The molecule has 2 fully saturated rings. The van der Waals surface area contributed by atoms with Crippen LogP contribution in [0.5, 0.6) is 5.75 Å².